The lowest BCUT2D eigenvalue weighted by Crippen LogP contribution is -2.22. The summed E-state index contributed by atoms with van der Waals surface area (Å²) < 4.78 is 73.1. The summed E-state index contributed by atoms with van der Waals surface area (Å²) in [4.78, 5) is 5.11. The fourth-order valence-corrected chi connectivity index (χ4v) is 0.857. The lowest BCUT2D eigenvalue weighted by molar-refractivity contribution is -0.167. The Hall–Kier alpha value is -1.74. The molecule has 0 aliphatic heterocycles. The molecule has 0 aliphatic carbocycles. The third-order valence-electron chi connectivity index (χ3n) is 1.49. The van der Waals surface area contributed by atoms with Crippen LogP contribution < -0.4 is 11.5 Å². The first kappa shape index (κ1) is 12.3. The van der Waals surface area contributed by atoms with Crippen molar-refractivity contribution in [3.8, 4) is 0 Å². The molecule has 0 bridgehead atoms. The Morgan fingerprint density at radius 3 is 1.12 bits per heavy atom. The lowest BCUT2D eigenvalue weighted by atomic mass is 10.3. The Labute approximate surface area is 84.3 Å². The third kappa shape index (κ3) is 2.25. The zero-order valence-corrected chi connectivity index (χ0v) is 7.32. The summed E-state index contributed by atoms with van der Waals surface area (Å²) in [5.74, 6) is -1.80. The highest BCUT2D eigenvalue weighted by atomic mass is 19.4. The molecule has 10 heteroatoms. The molecule has 0 fully saturated rings. The summed E-state index contributed by atoms with van der Waals surface area (Å²) in [6.45, 7) is 0. The van der Waals surface area contributed by atoms with Gasteiger partial charge in [0.2, 0.25) is 0 Å². The summed E-state index contributed by atoms with van der Waals surface area (Å²) in [7, 11) is 0. The Kier molecular flexibility index (Phi) is 2.61. The minimum absolute atomic E-state index is 0.902. The van der Waals surface area contributed by atoms with E-state index < -0.39 is 35.4 Å². The van der Waals surface area contributed by atoms with Crippen molar-refractivity contribution in [3.63, 3.8) is 0 Å². The molecule has 0 spiro atoms. The number of nitrogens with two attached hydrogens (primary N) is 2. The smallest absolute Gasteiger partial charge is 0.381 e. The minimum atomic E-state index is -5.31. The normalized spacial score (nSPS) is 12.9. The standard InChI is InChI=1S/C6H4F6N4/c7-5(8,9)1-2(6(10,11)12)16-4(14)3(13)15-1/h(H2,13,15)(H2,14,16). The van der Waals surface area contributed by atoms with Gasteiger partial charge in [-0.3, -0.25) is 0 Å². The molecule has 0 amide bonds. The zero-order valence-electron chi connectivity index (χ0n) is 7.32. The molecule has 1 rings (SSSR count). The second-order valence-corrected chi connectivity index (χ2v) is 2.69. The average molecular weight is 246 g/mol. The van der Waals surface area contributed by atoms with Gasteiger partial charge in [0.1, 0.15) is 0 Å². The largest absolute Gasteiger partial charge is 0.435 e. The fraction of sp³-hybridized carbons (Fsp3) is 0.333. The number of hydrogen-bond acceptors (Lipinski definition) is 4. The Morgan fingerprint density at radius 2 is 0.938 bits per heavy atom. The number of hydrogen-bond donors (Lipinski definition) is 2. The van der Waals surface area contributed by atoms with Crippen LogP contribution in [0.4, 0.5) is 38.0 Å². The maximum Gasteiger partial charge on any atom is 0.435 e. The summed E-state index contributed by atoms with van der Waals surface area (Å²) >= 11 is 0. The Bertz CT molecular complexity index is 370. The molecule has 0 atom stereocenters. The van der Waals surface area contributed by atoms with Crippen molar-refractivity contribution in [2.75, 3.05) is 11.5 Å². The van der Waals surface area contributed by atoms with E-state index >= 15 is 0 Å². The van der Waals surface area contributed by atoms with Gasteiger partial charge in [-0.2, -0.15) is 26.3 Å². The fourth-order valence-electron chi connectivity index (χ4n) is 0.857. The van der Waals surface area contributed by atoms with Crippen LogP contribution in [0.25, 0.3) is 0 Å². The molecular weight excluding hydrogens is 242 g/mol. The lowest BCUT2D eigenvalue weighted by Gasteiger charge is -2.14. The molecule has 16 heavy (non-hydrogen) atoms. The van der Waals surface area contributed by atoms with Crippen molar-refractivity contribution >= 4 is 11.6 Å². The van der Waals surface area contributed by atoms with Gasteiger partial charge in [0, 0.05) is 0 Å². The van der Waals surface area contributed by atoms with Crippen LogP contribution in [-0.4, -0.2) is 9.97 Å². The van der Waals surface area contributed by atoms with Gasteiger partial charge in [-0.15, -0.1) is 0 Å². The van der Waals surface area contributed by atoms with E-state index in [9.17, 15) is 26.3 Å². The van der Waals surface area contributed by atoms with E-state index in [0.717, 1.165) is 0 Å². The topological polar surface area (TPSA) is 77.8 Å². The summed E-state index contributed by atoms with van der Waals surface area (Å²) in [6, 6.07) is 0. The quantitative estimate of drug-likeness (QED) is 0.682. The SMILES string of the molecule is Nc1nc(C(F)(F)F)c(C(F)(F)F)nc1N. The Balaban J connectivity index is 3.53. The van der Waals surface area contributed by atoms with Crippen LogP contribution in [0.3, 0.4) is 0 Å². The van der Waals surface area contributed by atoms with Crippen molar-refractivity contribution in [3.05, 3.63) is 11.4 Å². The van der Waals surface area contributed by atoms with E-state index in [-0.39, 0.29) is 0 Å². The van der Waals surface area contributed by atoms with Crippen LogP contribution >= 0.6 is 0 Å². The first-order valence-electron chi connectivity index (χ1n) is 3.61. The van der Waals surface area contributed by atoms with Crippen LogP contribution in [0.2, 0.25) is 0 Å². The van der Waals surface area contributed by atoms with Crippen molar-refractivity contribution in [2.24, 2.45) is 0 Å². The third-order valence-corrected chi connectivity index (χ3v) is 1.49. The maximum absolute atomic E-state index is 12.2. The van der Waals surface area contributed by atoms with E-state index in [1.54, 1.807) is 0 Å². The number of aromatic nitrogens is 2. The number of nitrogens with zero attached hydrogens (tertiary/aromatic N) is 2. The number of halogens is 6. The van der Waals surface area contributed by atoms with Crippen molar-refractivity contribution < 1.29 is 26.3 Å². The van der Waals surface area contributed by atoms with Crippen molar-refractivity contribution in [2.45, 2.75) is 12.4 Å². The van der Waals surface area contributed by atoms with Crippen molar-refractivity contribution in [1.29, 1.82) is 0 Å². The molecule has 1 aromatic rings. The molecule has 90 valence electrons. The van der Waals surface area contributed by atoms with Crippen LogP contribution in [-0.2, 0) is 12.4 Å². The van der Waals surface area contributed by atoms with E-state index in [1.807, 2.05) is 0 Å². The number of rotatable bonds is 0. The molecule has 1 aromatic heterocycles. The van der Waals surface area contributed by atoms with Gasteiger partial charge in [-0.25, -0.2) is 9.97 Å². The molecule has 1 heterocycles. The van der Waals surface area contributed by atoms with Crippen LogP contribution in [0.15, 0.2) is 0 Å². The highest BCUT2D eigenvalue weighted by Crippen LogP contribution is 2.39. The molecule has 4 nitrogen and oxygen atoms in total. The number of nitrogen functional groups attached to an aromatic ring is 2. The molecule has 0 radical (unpaired) electrons. The predicted molar refractivity (Wildman–Crippen MR) is 40.9 cm³/mol. The van der Waals surface area contributed by atoms with E-state index in [2.05, 4.69) is 9.97 Å². The first-order chi connectivity index (χ1) is 7.03. The van der Waals surface area contributed by atoms with Crippen LogP contribution in [0.1, 0.15) is 11.4 Å². The molecule has 0 aliphatic rings. The molecule has 0 saturated carbocycles. The van der Waals surface area contributed by atoms with Gasteiger partial charge in [0.25, 0.3) is 0 Å². The second kappa shape index (κ2) is 3.39. The zero-order chi connectivity index (χ0) is 12.7. The molecule has 0 aromatic carbocycles. The van der Waals surface area contributed by atoms with E-state index in [4.69, 9.17) is 11.5 Å². The Morgan fingerprint density at radius 1 is 0.688 bits per heavy atom. The highest BCUT2D eigenvalue weighted by Gasteiger charge is 2.46. The van der Waals surface area contributed by atoms with Crippen LogP contribution in [0, 0.1) is 0 Å². The molecule has 0 unspecified atom stereocenters. The highest BCUT2D eigenvalue weighted by molar-refractivity contribution is 5.53. The van der Waals surface area contributed by atoms with Gasteiger partial charge in [-0.05, 0) is 0 Å². The second-order valence-electron chi connectivity index (χ2n) is 2.69. The van der Waals surface area contributed by atoms with Crippen LogP contribution in [0.5, 0.6) is 0 Å². The average Bonchev–Trinajstić information content (AvgIpc) is 2.05. The minimum Gasteiger partial charge on any atom is -0.381 e. The summed E-state index contributed by atoms with van der Waals surface area (Å²) in [5, 5.41) is 0. The monoisotopic (exact) mass is 246 g/mol. The maximum atomic E-state index is 12.2. The molecule has 0 saturated heterocycles. The first-order valence-corrected chi connectivity index (χ1v) is 3.61. The van der Waals surface area contributed by atoms with E-state index in [1.165, 1.54) is 0 Å². The number of alkyl halides is 6. The van der Waals surface area contributed by atoms with Gasteiger partial charge in [0.05, 0.1) is 0 Å². The molecule has 4 N–H and O–H groups in total. The molecular formula is C6H4F6N4. The van der Waals surface area contributed by atoms with Gasteiger partial charge in [-0.1, -0.05) is 0 Å². The number of anilines is 2. The summed E-state index contributed by atoms with van der Waals surface area (Å²) in [6.07, 6.45) is -10.6. The van der Waals surface area contributed by atoms with Gasteiger partial charge in [0.15, 0.2) is 23.0 Å². The predicted octanol–water partition coefficient (Wildman–Crippen LogP) is 1.68. The summed E-state index contributed by atoms with van der Waals surface area (Å²) in [5.41, 5.74) is 5.32. The van der Waals surface area contributed by atoms with E-state index in [0.29, 0.717) is 0 Å². The van der Waals surface area contributed by atoms with Gasteiger partial charge >= 0.3 is 12.4 Å². The van der Waals surface area contributed by atoms with Crippen molar-refractivity contribution in [1.82, 2.24) is 9.97 Å². The van der Waals surface area contributed by atoms with Gasteiger partial charge < -0.3 is 11.5 Å².